The molecule has 2 aromatic heterocycles. The van der Waals surface area contributed by atoms with Gasteiger partial charge in [0, 0.05) is 11.8 Å². The standard InChI is InChI=1S/C21H23N5O2S/c27-20(24-18-13-14-22-26(18)16-9-5-2-6-10-16)17-11-12-19(29-17)25-21(28)23-15-7-3-1-4-8-15/h1,3-4,7-8,11-14,16H,2,5-6,9-10H2,(H,24,27)(H2,23,25,28). The smallest absolute Gasteiger partial charge is 0.308 e. The van der Waals surface area contributed by atoms with Gasteiger partial charge in [-0.05, 0) is 37.1 Å². The van der Waals surface area contributed by atoms with E-state index in [9.17, 15) is 9.59 Å². The van der Waals surface area contributed by atoms with E-state index in [1.54, 1.807) is 18.3 Å². The molecule has 0 unspecified atom stereocenters. The van der Waals surface area contributed by atoms with Crippen molar-refractivity contribution < 1.29 is 9.59 Å². The van der Waals surface area contributed by atoms with Crippen molar-refractivity contribution in [1.82, 2.24) is 9.78 Å². The van der Waals surface area contributed by atoms with Gasteiger partial charge in [-0.1, -0.05) is 37.5 Å². The van der Waals surface area contributed by atoms with Crippen LogP contribution in [-0.2, 0) is 0 Å². The Kier molecular flexibility index (Phi) is 5.90. The fourth-order valence-corrected chi connectivity index (χ4v) is 4.33. The van der Waals surface area contributed by atoms with Gasteiger partial charge in [0.2, 0.25) is 0 Å². The van der Waals surface area contributed by atoms with E-state index >= 15 is 0 Å². The lowest BCUT2D eigenvalue weighted by atomic mass is 9.96. The number of hydrogen-bond acceptors (Lipinski definition) is 4. The number of benzene rings is 1. The Labute approximate surface area is 173 Å². The number of urea groups is 1. The molecule has 1 saturated carbocycles. The van der Waals surface area contributed by atoms with E-state index in [4.69, 9.17) is 0 Å². The van der Waals surface area contributed by atoms with Gasteiger partial charge in [0.1, 0.15) is 5.82 Å². The number of hydrogen-bond donors (Lipinski definition) is 3. The Balaban J connectivity index is 1.36. The van der Waals surface area contributed by atoms with E-state index in [1.807, 2.05) is 41.1 Å². The van der Waals surface area contributed by atoms with Crippen molar-refractivity contribution in [1.29, 1.82) is 0 Å². The van der Waals surface area contributed by atoms with Crippen molar-refractivity contribution in [3.8, 4) is 0 Å². The SMILES string of the molecule is O=C(Nc1ccccc1)Nc1ccc(C(=O)Nc2ccnn2C2CCCCC2)s1. The van der Waals surface area contributed by atoms with Crippen LogP contribution in [0.3, 0.4) is 0 Å². The summed E-state index contributed by atoms with van der Waals surface area (Å²) in [6.45, 7) is 0. The first kappa shape index (κ1) is 19.2. The lowest BCUT2D eigenvalue weighted by molar-refractivity contribution is 0.102. The third-order valence-electron chi connectivity index (χ3n) is 4.93. The summed E-state index contributed by atoms with van der Waals surface area (Å²) in [5.41, 5.74) is 0.704. The molecule has 3 aromatic rings. The third-order valence-corrected chi connectivity index (χ3v) is 5.93. The van der Waals surface area contributed by atoms with Crippen LogP contribution in [-0.4, -0.2) is 21.7 Å². The molecule has 1 aromatic carbocycles. The largest absolute Gasteiger partial charge is 0.324 e. The summed E-state index contributed by atoms with van der Waals surface area (Å²) in [4.78, 5) is 25.3. The minimum atomic E-state index is -0.347. The summed E-state index contributed by atoms with van der Waals surface area (Å²) >= 11 is 1.23. The first-order chi connectivity index (χ1) is 14.2. The summed E-state index contributed by atoms with van der Waals surface area (Å²) in [5, 5.41) is 13.5. The van der Waals surface area contributed by atoms with Gasteiger partial charge in [-0.25, -0.2) is 9.48 Å². The van der Waals surface area contributed by atoms with Crippen LogP contribution in [0.5, 0.6) is 0 Å². The summed E-state index contributed by atoms with van der Waals surface area (Å²) in [5.74, 6) is 0.510. The Morgan fingerprint density at radius 1 is 0.931 bits per heavy atom. The molecule has 0 bridgehead atoms. The molecule has 150 valence electrons. The lowest BCUT2D eigenvalue weighted by Crippen LogP contribution is -2.20. The number of nitrogens with one attached hydrogen (secondary N) is 3. The average molecular weight is 410 g/mol. The van der Waals surface area contributed by atoms with E-state index in [-0.39, 0.29) is 11.9 Å². The molecule has 0 radical (unpaired) electrons. The fraction of sp³-hybridized carbons (Fsp3) is 0.286. The molecule has 3 amide bonds. The average Bonchev–Trinajstić information content (AvgIpc) is 3.39. The number of amides is 3. The summed E-state index contributed by atoms with van der Waals surface area (Å²) in [6.07, 6.45) is 7.57. The predicted octanol–water partition coefficient (Wildman–Crippen LogP) is 5.35. The molecule has 1 aliphatic carbocycles. The van der Waals surface area contributed by atoms with Gasteiger partial charge in [-0.3, -0.25) is 10.1 Å². The Hall–Kier alpha value is -3.13. The molecule has 7 nitrogen and oxygen atoms in total. The number of anilines is 3. The van der Waals surface area contributed by atoms with Gasteiger partial charge in [0.25, 0.3) is 5.91 Å². The van der Waals surface area contributed by atoms with Crippen LogP contribution in [0.4, 0.5) is 21.3 Å². The van der Waals surface area contributed by atoms with Crippen molar-refractivity contribution in [2.24, 2.45) is 0 Å². The van der Waals surface area contributed by atoms with Crippen molar-refractivity contribution in [3.05, 3.63) is 59.6 Å². The number of carbonyl (C=O) groups excluding carboxylic acids is 2. The van der Waals surface area contributed by atoms with E-state index in [1.165, 1.54) is 30.6 Å². The molecule has 3 N–H and O–H groups in total. The second kappa shape index (κ2) is 8.91. The van der Waals surface area contributed by atoms with E-state index in [2.05, 4.69) is 21.0 Å². The maximum absolute atomic E-state index is 12.7. The van der Waals surface area contributed by atoms with Crippen molar-refractivity contribution in [2.45, 2.75) is 38.1 Å². The second-order valence-corrected chi connectivity index (χ2v) is 8.10. The van der Waals surface area contributed by atoms with E-state index in [0.717, 1.165) is 12.8 Å². The summed E-state index contributed by atoms with van der Waals surface area (Å²) in [7, 11) is 0. The molecule has 0 saturated heterocycles. The van der Waals surface area contributed by atoms with E-state index < -0.39 is 0 Å². The van der Waals surface area contributed by atoms with Crippen molar-refractivity contribution >= 4 is 39.8 Å². The minimum Gasteiger partial charge on any atom is -0.308 e. The topological polar surface area (TPSA) is 88.1 Å². The predicted molar refractivity (Wildman–Crippen MR) is 116 cm³/mol. The molecule has 8 heteroatoms. The molecule has 0 spiro atoms. The lowest BCUT2D eigenvalue weighted by Gasteiger charge is -2.23. The van der Waals surface area contributed by atoms with Crippen LogP contribution < -0.4 is 16.0 Å². The van der Waals surface area contributed by atoms with E-state index in [0.29, 0.717) is 27.4 Å². The van der Waals surface area contributed by atoms with Crippen LogP contribution in [0, 0.1) is 0 Å². The van der Waals surface area contributed by atoms with Gasteiger partial charge >= 0.3 is 6.03 Å². The number of aromatic nitrogens is 2. The number of nitrogens with zero attached hydrogens (tertiary/aromatic N) is 2. The highest BCUT2D eigenvalue weighted by Crippen LogP contribution is 2.30. The first-order valence-corrected chi connectivity index (χ1v) is 10.6. The first-order valence-electron chi connectivity index (χ1n) is 9.77. The fourth-order valence-electron chi connectivity index (χ4n) is 3.53. The Morgan fingerprint density at radius 2 is 1.72 bits per heavy atom. The Morgan fingerprint density at radius 3 is 2.52 bits per heavy atom. The van der Waals surface area contributed by atoms with Crippen molar-refractivity contribution in [3.63, 3.8) is 0 Å². The molecule has 1 aliphatic rings. The molecular weight excluding hydrogens is 386 g/mol. The zero-order valence-electron chi connectivity index (χ0n) is 15.9. The summed E-state index contributed by atoms with van der Waals surface area (Å²) < 4.78 is 1.93. The number of carbonyl (C=O) groups is 2. The maximum atomic E-state index is 12.7. The highest BCUT2D eigenvalue weighted by atomic mass is 32.1. The van der Waals surface area contributed by atoms with Gasteiger partial charge in [0.05, 0.1) is 22.1 Å². The zero-order valence-corrected chi connectivity index (χ0v) is 16.7. The van der Waals surface area contributed by atoms with Gasteiger partial charge < -0.3 is 10.6 Å². The van der Waals surface area contributed by atoms with Gasteiger partial charge in [0.15, 0.2) is 0 Å². The quantitative estimate of drug-likeness (QED) is 0.531. The molecule has 29 heavy (non-hydrogen) atoms. The van der Waals surface area contributed by atoms with Crippen LogP contribution in [0.25, 0.3) is 0 Å². The third kappa shape index (κ3) is 4.83. The minimum absolute atomic E-state index is 0.205. The highest BCUT2D eigenvalue weighted by molar-refractivity contribution is 7.18. The Bertz CT molecular complexity index is 976. The summed E-state index contributed by atoms with van der Waals surface area (Å²) in [6, 6.07) is 14.5. The molecule has 0 aliphatic heterocycles. The number of rotatable bonds is 5. The molecule has 0 atom stereocenters. The molecule has 1 fully saturated rings. The second-order valence-electron chi connectivity index (χ2n) is 7.02. The van der Waals surface area contributed by atoms with Crippen LogP contribution in [0.2, 0.25) is 0 Å². The number of para-hydroxylation sites is 1. The molecule has 4 rings (SSSR count). The monoisotopic (exact) mass is 409 g/mol. The number of thiophene rings is 1. The maximum Gasteiger partial charge on any atom is 0.324 e. The molecular formula is C21H23N5O2S. The molecule has 2 heterocycles. The van der Waals surface area contributed by atoms with Crippen LogP contribution in [0.1, 0.15) is 47.8 Å². The van der Waals surface area contributed by atoms with Crippen LogP contribution >= 0.6 is 11.3 Å². The van der Waals surface area contributed by atoms with Crippen LogP contribution in [0.15, 0.2) is 54.7 Å². The van der Waals surface area contributed by atoms with Gasteiger partial charge in [-0.15, -0.1) is 11.3 Å². The normalized spacial score (nSPS) is 14.3. The van der Waals surface area contributed by atoms with Gasteiger partial charge in [-0.2, -0.15) is 5.10 Å². The highest BCUT2D eigenvalue weighted by Gasteiger charge is 2.20. The zero-order chi connectivity index (χ0) is 20.1. The van der Waals surface area contributed by atoms with Crippen molar-refractivity contribution in [2.75, 3.05) is 16.0 Å².